The molecule has 0 aliphatic rings. The third kappa shape index (κ3) is 3.23. The zero-order chi connectivity index (χ0) is 26.1. The summed E-state index contributed by atoms with van der Waals surface area (Å²) in [6.07, 6.45) is 1.94. The van der Waals surface area contributed by atoms with Crippen LogP contribution in [0.3, 0.4) is 0 Å². The summed E-state index contributed by atoms with van der Waals surface area (Å²) in [4.78, 5) is 10.4. The highest BCUT2D eigenvalue weighted by Crippen LogP contribution is 2.38. The average Bonchev–Trinajstić information content (AvgIpc) is 3.31. The number of hydrogen-bond acceptors (Lipinski definition) is 2. The normalized spacial score (nSPS) is 11.8. The molecule has 0 aliphatic carbocycles. The molecule has 3 heteroatoms. The minimum Gasteiger partial charge on any atom is -0.309 e. The minimum atomic E-state index is 0.870. The van der Waals surface area contributed by atoms with Crippen LogP contribution in [0.25, 0.3) is 71.3 Å². The van der Waals surface area contributed by atoms with Gasteiger partial charge in [0.05, 0.1) is 39.6 Å². The van der Waals surface area contributed by atoms with Gasteiger partial charge in [-0.3, -0.25) is 4.98 Å². The van der Waals surface area contributed by atoms with Crippen LogP contribution in [0.1, 0.15) is 11.1 Å². The Morgan fingerprint density at radius 3 is 1.74 bits per heavy atom. The first kappa shape index (κ1) is 22.0. The lowest BCUT2D eigenvalue weighted by molar-refractivity contribution is 1.17. The predicted octanol–water partition coefficient (Wildman–Crippen LogP) is 9.32. The van der Waals surface area contributed by atoms with Crippen molar-refractivity contribution in [2.75, 3.05) is 0 Å². The number of hydrogen-bond donors (Lipinski definition) is 0. The standard InChI is InChI=1S/C36H25N3/c1-22-15-17-24-25-18-16-23(2)20-30(25)36-35(29(24)19-22)37-21-31(38-36)28-11-5-8-14-34(28)39-32-12-6-3-9-26(32)27-10-4-7-13-33(27)39/h3-21H,1-2H3. The molecule has 0 saturated carbocycles. The van der Waals surface area contributed by atoms with Gasteiger partial charge in [-0.05, 0) is 55.0 Å². The molecule has 0 bridgehead atoms. The van der Waals surface area contributed by atoms with Gasteiger partial charge in [0.2, 0.25) is 0 Å². The molecule has 39 heavy (non-hydrogen) atoms. The van der Waals surface area contributed by atoms with E-state index in [1.165, 1.54) is 43.7 Å². The Balaban J connectivity index is 1.46. The van der Waals surface area contributed by atoms with E-state index in [1.807, 2.05) is 6.20 Å². The fourth-order valence-electron chi connectivity index (χ4n) is 6.15. The quantitative estimate of drug-likeness (QED) is 0.222. The zero-order valence-electron chi connectivity index (χ0n) is 21.8. The molecular formula is C36H25N3. The number of fused-ring (bicyclic) bond motifs is 9. The lowest BCUT2D eigenvalue weighted by Gasteiger charge is -2.15. The van der Waals surface area contributed by atoms with Crippen LogP contribution in [0.15, 0.2) is 115 Å². The number of aromatic nitrogens is 3. The summed E-state index contributed by atoms with van der Waals surface area (Å²) in [5.74, 6) is 0. The number of rotatable bonds is 2. The van der Waals surface area contributed by atoms with E-state index in [0.717, 1.165) is 38.8 Å². The summed E-state index contributed by atoms with van der Waals surface area (Å²) in [6.45, 7) is 4.27. The van der Waals surface area contributed by atoms with Crippen molar-refractivity contribution in [2.45, 2.75) is 13.8 Å². The van der Waals surface area contributed by atoms with Crippen molar-refractivity contribution < 1.29 is 0 Å². The highest BCUT2D eigenvalue weighted by molar-refractivity contribution is 6.23. The van der Waals surface area contributed by atoms with E-state index in [4.69, 9.17) is 9.97 Å². The van der Waals surface area contributed by atoms with Crippen LogP contribution in [-0.2, 0) is 0 Å². The van der Waals surface area contributed by atoms with Gasteiger partial charge >= 0.3 is 0 Å². The van der Waals surface area contributed by atoms with Gasteiger partial charge in [0.25, 0.3) is 0 Å². The average molecular weight is 500 g/mol. The van der Waals surface area contributed by atoms with Gasteiger partial charge in [0.15, 0.2) is 0 Å². The molecule has 0 aliphatic heterocycles. The Morgan fingerprint density at radius 1 is 0.513 bits per heavy atom. The molecule has 8 rings (SSSR count). The van der Waals surface area contributed by atoms with Gasteiger partial charge in [-0.15, -0.1) is 0 Å². The number of aryl methyl sites for hydroxylation is 2. The summed E-state index contributed by atoms with van der Waals surface area (Å²) in [6, 6.07) is 39.1. The molecular weight excluding hydrogens is 474 g/mol. The Labute approximate surface area is 226 Å². The van der Waals surface area contributed by atoms with Gasteiger partial charge in [-0.1, -0.05) is 90.0 Å². The van der Waals surface area contributed by atoms with E-state index in [1.54, 1.807) is 0 Å². The van der Waals surface area contributed by atoms with Crippen LogP contribution in [0.5, 0.6) is 0 Å². The van der Waals surface area contributed by atoms with Gasteiger partial charge in [-0.2, -0.15) is 0 Å². The predicted molar refractivity (Wildman–Crippen MR) is 164 cm³/mol. The molecule has 0 unspecified atom stereocenters. The maximum absolute atomic E-state index is 5.35. The maximum atomic E-state index is 5.35. The topological polar surface area (TPSA) is 30.7 Å². The van der Waals surface area contributed by atoms with Crippen molar-refractivity contribution in [1.82, 2.24) is 14.5 Å². The Kier molecular flexibility index (Phi) is 4.65. The van der Waals surface area contributed by atoms with Gasteiger partial charge in [0, 0.05) is 27.1 Å². The summed E-state index contributed by atoms with van der Waals surface area (Å²) in [5, 5.41) is 7.22. The summed E-state index contributed by atoms with van der Waals surface area (Å²) in [5.41, 5.74) is 9.72. The first-order chi connectivity index (χ1) is 19.2. The first-order valence-electron chi connectivity index (χ1n) is 13.3. The summed E-state index contributed by atoms with van der Waals surface area (Å²) in [7, 11) is 0. The summed E-state index contributed by atoms with van der Waals surface area (Å²) >= 11 is 0. The molecule has 0 N–H and O–H groups in total. The second kappa shape index (κ2) is 8.24. The van der Waals surface area contributed by atoms with E-state index >= 15 is 0 Å². The molecule has 0 amide bonds. The Bertz CT molecular complexity index is 2200. The fraction of sp³-hybridized carbons (Fsp3) is 0.0556. The monoisotopic (exact) mass is 499 g/mol. The van der Waals surface area contributed by atoms with Crippen LogP contribution in [-0.4, -0.2) is 14.5 Å². The van der Waals surface area contributed by atoms with Crippen LogP contribution in [0.4, 0.5) is 0 Å². The molecule has 2 heterocycles. The van der Waals surface area contributed by atoms with E-state index in [0.29, 0.717) is 0 Å². The molecule has 6 aromatic carbocycles. The fourth-order valence-corrected chi connectivity index (χ4v) is 6.15. The number of nitrogens with zero attached hydrogens (tertiary/aromatic N) is 3. The van der Waals surface area contributed by atoms with Crippen molar-refractivity contribution in [2.24, 2.45) is 0 Å². The van der Waals surface area contributed by atoms with Gasteiger partial charge < -0.3 is 4.57 Å². The van der Waals surface area contributed by atoms with Gasteiger partial charge in [-0.25, -0.2) is 4.98 Å². The second-order valence-corrected chi connectivity index (χ2v) is 10.4. The smallest absolute Gasteiger partial charge is 0.0979 e. The molecule has 0 atom stereocenters. The van der Waals surface area contributed by atoms with E-state index in [9.17, 15) is 0 Å². The lowest BCUT2D eigenvalue weighted by atomic mass is 9.96. The molecule has 8 aromatic rings. The highest BCUT2D eigenvalue weighted by atomic mass is 15.0. The summed E-state index contributed by atoms with van der Waals surface area (Å²) < 4.78 is 2.36. The molecule has 0 spiro atoms. The highest BCUT2D eigenvalue weighted by Gasteiger charge is 2.17. The molecule has 3 nitrogen and oxygen atoms in total. The van der Waals surface area contributed by atoms with Crippen LogP contribution >= 0.6 is 0 Å². The van der Waals surface area contributed by atoms with E-state index in [-0.39, 0.29) is 0 Å². The molecule has 2 aromatic heterocycles. The minimum absolute atomic E-state index is 0.870. The molecule has 0 radical (unpaired) electrons. The Morgan fingerprint density at radius 2 is 1.08 bits per heavy atom. The number of para-hydroxylation sites is 3. The van der Waals surface area contributed by atoms with Crippen molar-refractivity contribution in [3.8, 4) is 16.9 Å². The van der Waals surface area contributed by atoms with Crippen LogP contribution in [0.2, 0.25) is 0 Å². The van der Waals surface area contributed by atoms with Crippen molar-refractivity contribution in [3.05, 3.63) is 127 Å². The largest absolute Gasteiger partial charge is 0.309 e. The molecule has 184 valence electrons. The third-order valence-corrected chi connectivity index (χ3v) is 7.92. The molecule has 0 fully saturated rings. The zero-order valence-corrected chi connectivity index (χ0v) is 21.8. The van der Waals surface area contributed by atoms with Crippen molar-refractivity contribution in [3.63, 3.8) is 0 Å². The lowest BCUT2D eigenvalue weighted by Crippen LogP contribution is -1.99. The van der Waals surface area contributed by atoms with Crippen molar-refractivity contribution >= 4 is 54.4 Å². The maximum Gasteiger partial charge on any atom is 0.0979 e. The Hall–Kier alpha value is -5.02. The number of benzene rings is 6. The third-order valence-electron chi connectivity index (χ3n) is 7.92. The van der Waals surface area contributed by atoms with E-state index in [2.05, 4.69) is 128 Å². The van der Waals surface area contributed by atoms with E-state index < -0.39 is 0 Å². The SMILES string of the molecule is Cc1ccc2c3ccc(C)cc3c3nc(-c4ccccc4-n4c5ccccc5c5ccccc54)cnc3c2c1. The van der Waals surface area contributed by atoms with Gasteiger partial charge in [0.1, 0.15) is 0 Å². The molecule has 0 saturated heterocycles. The van der Waals surface area contributed by atoms with Crippen LogP contribution < -0.4 is 0 Å². The van der Waals surface area contributed by atoms with Crippen molar-refractivity contribution in [1.29, 1.82) is 0 Å². The first-order valence-corrected chi connectivity index (χ1v) is 13.3. The second-order valence-electron chi connectivity index (χ2n) is 10.4. The van der Waals surface area contributed by atoms with Crippen LogP contribution in [0, 0.1) is 13.8 Å².